The van der Waals surface area contributed by atoms with Gasteiger partial charge in [-0.15, -0.1) is 0 Å². The normalized spacial score (nSPS) is 19.8. The summed E-state index contributed by atoms with van der Waals surface area (Å²) in [7, 11) is 0. The SMILES string of the molecule is CC(C)(C)OC(=O)NC[C@@H](C(=O)NCCC(=O)Nc1cc(C[n+]2cccc(/C=C/C(=O)CCCCCC3CCN(C(=O)c4cccc(NC(=O)OC(C)(C)C)c4)CC3)c2)ccc1O[C@@H]1O[C@H](C(=O)O)[C@@H](O)[C@H](O)[C@H]1O)N1C(=O)C=CC1=O. The summed E-state index contributed by atoms with van der Waals surface area (Å²) >= 11 is 0. The highest BCUT2D eigenvalue weighted by molar-refractivity contribution is 6.15. The van der Waals surface area contributed by atoms with Crippen LogP contribution in [0.3, 0.4) is 0 Å². The van der Waals surface area contributed by atoms with E-state index >= 15 is 0 Å². The van der Waals surface area contributed by atoms with Crippen LogP contribution in [0.2, 0.25) is 0 Å². The van der Waals surface area contributed by atoms with E-state index in [-0.39, 0.29) is 42.6 Å². The van der Waals surface area contributed by atoms with E-state index in [4.69, 9.17) is 18.9 Å². The molecular formula is C58H74N7O17+. The number of benzene rings is 2. The van der Waals surface area contributed by atoms with Crippen LogP contribution in [0.1, 0.15) is 114 Å². The topological polar surface area (TPSA) is 330 Å². The third kappa shape index (κ3) is 19.0. The summed E-state index contributed by atoms with van der Waals surface area (Å²) in [6.45, 7) is 10.8. The maximum absolute atomic E-state index is 13.5. The quantitative estimate of drug-likeness (QED) is 0.0288. The van der Waals surface area contributed by atoms with E-state index in [2.05, 4.69) is 21.3 Å². The number of allylic oxidation sites excluding steroid dienone is 1. The van der Waals surface area contributed by atoms with Gasteiger partial charge >= 0.3 is 18.2 Å². The van der Waals surface area contributed by atoms with E-state index in [0.29, 0.717) is 47.1 Å². The summed E-state index contributed by atoms with van der Waals surface area (Å²) in [5.41, 5.74) is 0.733. The van der Waals surface area contributed by atoms with Crippen molar-refractivity contribution in [3.63, 3.8) is 0 Å². The van der Waals surface area contributed by atoms with Crippen molar-refractivity contribution in [3.8, 4) is 5.75 Å². The molecule has 1 aromatic heterocycles. The van der Waals surface area contributed by atoms with Crippen molar-refractivity contribution in [1.82, 2.24) is 20.4 Å². The maximum Gasteiger partial charge on any atom is 0.412 e. The number of likely N-dealkylation sites (tertiary alicyclic amines) is 1. The molecule has 0 aliphatic carbocycles. The van der Waals surface area contributed by atoms with Crippen molar-refractivity contribution < 1.29 is 87.1 Å². The van der Waals surface area contributed by atoms with Gasteiger partial charge in [0.05, 0.1) is 12.2 Å². The molecule has 82 heavy (non-hydrogen) atoms. The number of ketones is 1. The molecule has 8 N–H and O–H groups in total. The maximum atomic E-state index is 13.5. The van der Waals surface area contributed by atoms with Crippen molar-refractivity contribution in [2.24, 2.45) is 5.92 Å². The molecule has 2 fully saturated rings. The zero-order valence-electron chi connectivity index (χ0n) is 46.8. The first kappa shape index (κ1) is 63.1. The second-order valence-electron chi connectivity index (χ2n) is 22.2. The van der Waals surface area contributed by atoms with Gasteiger partial charge in [0.1, 0.15) is 41.3 Å². The molecule has 6 atom stereocenters. The molecular weight excluding hydrogens is 1070 g/mol. The number of carbonyl (C=O) groups excluding carboxylic acids is 8. The molecule has 0 spiro atoms. The molecule has 3 aliphatic rings. The van der Waals surface area contributed by atoms with Crippen molar-refractivity contribution in [2.45, 2.75) is 147 Å². The number of nitrogens with zero attached hydrogens (tertiary/aromatic N) is 3. The Kier molecular flexibility index (Phi) is 22.0. The van der Waals surface area contributed by atoms with Crippen molar-refractivity contribution >= 4 is 70.9 Å². The molecule has 2 saturated heterocycles. The first-order valence-electron chi connectivity index (χ1n) is 27.1. The molecule has 3 aromatic rings. The number of ether oxygens (including phenoxy) is 4. The van der Waals surface area contributed by atoms with Gasteiger partial charge in [-0.05, 0) is 121 Å². The molecule has 0 bridgehead atoms. The van der Waals surface area contributed by atoms with Gasteiger partial charge in [0.15, 0.2) is 30.8 Å². The van der Waals surface area contributed by atoms with Crippen molar-refractivity contribution in [3.05, 3.63) is 102 Å². The number of carboxylic acid groups (broad SMARTS) is 1. The number of rotatable bonds is 23. The fourth-order valence-corrected chi connectivity index (χ4v) is 9.18. The van der Waals surface area contributed by atoms with Gasteiger partial charge in [-0.2, -0.15) is 0 Å². The van der Waals surface area contributed by atoms with Crippen LogP contribution in [0.15, 0.2) is 85.2 Å². The second kappa shape index (κ2) is 28.6. The highest BCUT2D eigenvalue weighted by Crippen LogP contribution is 2.32. The lowest BCUT2D eigenvalue weighted by Crippen LogP contribution is -2.61. The summed E-state index contributed by atoms with van der Waals surface area (Å²) in [6, 6.07) is 13.5. The average molecular weight is 1140 g/mol. The minimum Gasteiger partial charge on any atom is -0.479 e. The summed E-state index contributed by atoms with van der Waals surface area (Å²) in [5.74, 6) is -4.59. The highest BCUT2D eigenvalue weighted by Gasteiger charge is 2.48. The predicted molar refractivity (Wildman–Crippen MR) is 294 cm³/mol. The number of nitrogens with one attached hydrogen (secondary N) is 4. The van der Waals surface area contributed by atoms with Crippen LogP contribution in [0.5, 0.6) is 5.75 Å². The molecule has 442 valence electrons. The van der Waals surface area contributed by atoms with Crippen LogP contribution in [0.4, 0.5) is 21.0 Å². The number of hydrogen-bond donors (Lipinski definition) is 8. The molecule has 0 radical (unpaired) electrons. The summed E-state index contributed by atoms with van der Waals surface area (Å²) in [6.07, 6.45) is 2.87. The largest absolute Gasteiger partial charge is 0.479 e. The third-order valence-electron chi connectivity index (χ3n) is 13.2. The van der Waals surface area contributed by atoms with Crippen LogP contribution >= 0.6 is 0 Å². The number of aliphatic hydroxyl groups excluding tert-OH is 3. The molecule has 0 unspecified atom stereocenters. The molecule has 0 saturated carbocycles. The number of carboxylic acids is 1. The van der Waals surface area contributed by atoms with E-state index in [1.807, 2.05) is 15.5 Å². The van der Waals surface area contributed by atoms with Gasteiger partial charge in [-0.1, -0.05) is 25.3 Å². The Balaban J connectivity index is 1.01. The van der Waals surface area contributed by atoms with Gasteiger partial charge in [-0.25, -0.2) is 19.0 Å². The van der Waals surface area contributed by atoms with E-state index in [9.17, 15) is 63.6 Å². The van der Waals surface area contributed by atoms with Gasteiger partial charge in [0.2, 0.25) is 18.1 Å². The molecule has 24 nitrogen and oxygen atoms in total. The highest BCUT2D eigenvalue weighted by atomic mass is 16.7. The third-order valence-corrected chi connectivity index (χ3v) is 13.2. The Morgan fingerprint density at radius 2 is 1.49 bits per heavy atom. The smallest absolute Gasteiger partial charge is 0.412 e. The predicted octanol–water partition coefficient (Wildman–Crippen LogP) is 3.99. The van der Waals surface area contributed by atoms with Crippen LogP contribution in [0, 0.1) is 5.92 Å². The molecule has 6 rings (SSSR count). The van der Waals surface area contributed by atoms with Gasteiger partial charge < -0.3 is 60.2 Å². The number of pyridine rings is 1. The van der Waals surface area contributed by atoms with Crippen LogP contribution < -0.4 is 30.6 Å². The average Bonchev–Trinajstić information content (AvgIpc) is 3.85. The minimum absolute atomic E-state index is 0.00856. The summed E-state index contributed by atoms with van der Waals surface area (Å²) < 4.78 is 23.5. The standard InChI is InChI=1S/C58H73N7O17/c1-57(2,3)81-55(77)60-32-42(65-45(68)21-22-46(65)69)51(73)59-26-23-44(67)62-41-30-37(18-20-43(41)79-54-49(72)47(70)48(71)50(80-54)53(75)76)34-63-27-11-13-36(33-63)17-19-40(66)16-9-7-8-12-35-24-28-64(29-25-35)52(74)38-14-10-15-39(31-38)61-56(78)82-58(4,5)6/h10-11,13-15,17-22,27,30-31,33,35,42,47-50,54,70-72H,7-9,12,16,23-26,28-29,32,34H2,1-6H3,(H4-,59,60,61,62,67,73,75,76,77,78)/p+1/b19-17+/t42-,47-,48-,49+,50-,54+/m0/s1. The zero-order valence-corrected chi connectivity index (χ0v) is 46.8. The lowest BCUT2D eigenvalue weighted by atomic mass is 9.90. The molecule has 2 aromatic carbocycles. The number of carbonyl (C=O) groups is 9. The number of hydrogen-bond acceptors (Lipinski definition) is 16. The van der Waals surface area contributed by atoms with Gasteiger partial charge in [0.25, 0.3) is 17.7 Å². The minimum atomic E-state index is -2.00. The first-order chi connectivity index (χ1) is 38.7. The van der Waals surface area contributed by atoms with E-state index in [1.54, 1.807) is 96.4 Å². The summed E-state index contributed by atoms with van der Waals surface area (Å²) in [5, 5.41) is 51.2. The Morgan fingerprint density at radius 3 is 2.17 bits per heavy atom. The molecule has 24 heteroatoms. The number of aliphatic hydroxyl groups is 3. The van der Waals surface area contributed by atoms with Crippen LogP contribution in [-0.4, -0.2) is 158 Å². The number of imide groups is 1. The first-order valence-corrected chi connectivity index (χ1v) is 27.1. The molecule has 3 aliphatic heterocycles. The van der Waals surface area contributed by atoms with E-state index in [1.165, 1.54) is 18.2 Å². The van der Waals surface area contributed by atoms with E-state index in [0.717, 1.165) is 56.2 Å². The fraction of sp³-hybridized carbons (Fsp3) is 0.483. The number of piperidine rings is 1. The molecule has 4 heterocycles. The fourth-order valence-electron chi connectivity index (χ4n) is 9.18. The van der Waals surface area contributed by atoms with E-state index < -0.39 is 96.3 Å². The van der Waals surface area contributed by atoms with Gasteiger partial charge in [0, 0.05) is 73.1 Å². The Hall–Kier alpha value is -8.06. The summed E-state index contributed by atoms with van der Waals surface area (Å²) in [4.78, 5) is 117. The number of unbranched alkanes of at least 4 members (excludes halogenated alkanes) is 2. The van der Waals surface area contributed by atoms with Gasteiger partial charge in [-0.3, -0.25) is 39.0 Å². The van der Waals surface area contributed by atoms with Crippen molar-refractivity contribution in [1.29, 1.82) is 0 Å². The second-order valence-corrected chi connectivity index (χ2v) is 22.2. The molecule has 7 amide bonds. The number of aliphatic carboxylic acids is 1. The number of anilines is 2. The number of alkyl carbamates (subject to hydrolysis) is 1. The van der Waals surface area contributed by atoms with Crippen molar-refractivity contribution in [2.75, 3.05) is 36.8 Å². The monoisotopic (exact) mass is 1140 g/mol. The Morgan fingerprint density at radius 1 is 0.793 bits per heavy atom. The lowest BCUT2D eigenvalue weighted by Gasteiger charge is -2.38. The number of aromatic nitrogens is 1. The zero-order chi connectivity index (χ0) is 59.9. The Bertz CT molecular complexity index is 2870. The lowest BCUT2D eigenvalue weighted by molar-refractivity contribution is -0.688. The number of amides is 7. The van der Waals surface area contributed by atoms with Crippen LogP contribution in [-0.2, 0) is 49.5 Å². The van der Waals surface area contributed by atoms with Crippen LogP contribution in [0.25, 0.3) is 6.08 Å². The Labute approximate surface area is 474 Å².